The van der Waals surface area contributed by atoms with E-state index < -0.39 is 0 Å². The van der Waals surface area contributed by atoms with E-state index in [0.29, 0.717) is 17.9 Å². The highest BCUT2D eigenvalue weighted by Gasteiger charge is 2.07. The van der Waals surface area contributed by atoms with Crippen LogP contribution in [0.1, 0.15) is 15.9 Å². The van der Waals surface area contributed by atoms with Gasteiger partial charge in [-0.05, 0) is 17.7 Å². The van der Waals surface area contributed by atoms with Gasteiger partial charge in [0.05, 0.1) is 0 Å². The number of anilines is 2. The summed E-state index contributed by atoms with van der Waals surface area (Å²) < 4.78 is 0. The van der Waals surface area contributed by atoms with Gasteiger partial charge >= 0.3 is 0 Å². The lowest BCUT2D eigenvalue weighted by molar-refractivity contribution is 0.0963. The molecule has 0 fully saturated rings. The van der Waals surface area contributed by atoms with E-state index >= 15 is 0 Å². The van der Waals surface area contributed by atoms with Crippen LogP contribution in [0, 0.1) is 0 Å². The Morgan fingerprint density at radius 1 is 1.40 bits per heavy atom. The highest BCUT2D eigenvalue weighted by Crippen LogP contribution is 2.23. The third kappa shape index (κ3) is 3.16. The number of halogens is 1. The molecule has 0 spiro atoms. The molecule has 0 unspecified atom stereocenters. The fraction of sp³-hybridized carbons (Fsp3) is 0.154. The van der Waals surface area contributed by atoms with E-state index in [1.165, 1.54) is 6.33 Å². The van der Waals surface area contributed by atoms with Gasteiger partial charge in [-0.15, -0.1) is 0 Å². The molecule has 1 amide bonds. The van der Waals surface area contributed by atoms with Gasteiger partial charge in [-0.25, -0.2) is 9.97 Å². The van der Waals surface area contributed by atoms with Crippen LogP contribution < -0.4 is 16.4 Å². The monoisotopic (exact) mass is 291 g/mol. The Morgan fingerprint density at radius 2 is 2.20 bits per heavy atom. The van der Waals surface area contributed by atoms with Gasteiger partial charge in [0.15, 0.2) is 5.82 Å². The Kier molecular flexibility index (Phi) is 4.37. The molecular weight excluding hydrogens is 278 g/mol. The fourth-order valence-corrected chi connectivity index (χ4v) is 1.82. The van der Waals surface area contributed by atoms with Crippen molar-refractivity contribution >= 4 is 29.1 Å². The summed E-state index contributed by atoms with van der Waals surface area (Å²) in [5, 5.41) is 5.93. The van der Waals surface area contributed by atoms with Crippen LogP contribution in [0.4, 0.5) is 11.6 Å². The maximum atomic E-state index is 11.5. The number of nitrogen functional groups attached to an aromatic ring is 1. The second kappa shape index (κ2) is 6.21. The second-order valence-corrected chi connectivity index (χ2v) is 4.43. The highest BCUT2D eigenvalue weighted by molar-refractivity contribution is 6.35. The Labute approximate surface area is 121 Å². The number of benzene rings is 1. The molecule has 20 heavy (non-hydrogen) atoms. The SMILES string of the molecule is CNC(=O)c1cccc(CNc2ncnc(N)c2Cl)c1. The second-order valence-electron chi connectivity index (χ2n) is 4.05. The van der Waals surface area contributed by atoms with Crippen molar-refractivity contribution in [1.82, 2.24) is 15.3 Å². The summed E-state index contributed by atoms with van der Waals surface area (Å²) in [7, 11) is 1.59. The maximum absolute atomic E-state index is 11.5. The third-order valence-corrected chi connectivity index (χ3v) is 3.07. The normalized spacial score (nSPS) is 10.1. The molecule has 1 heterocycles. The number of hydrogen-bond donors (Lipinski definition) is 3. The summed E-state index contributed by atoms with van der Waals surface area (Å²) in [4.78, 5) is 19.3. The molecular formula is C13H14ClN5O. The molecule has 4 N–H and O–H groups in total. The summed E-state index contributed by atoms with van der Waals surface area (Å²) >= 11 is 5.99. The van der Waals surface area contributed by atoms with Crippen LogP contribution in [-0.4, -0.2) is 22.9 Å². The molecule has 0 saturated heterocycles. The molecule has 0 bridgehead atoms. The highest BCUT2D eigenvalue weighted by atomic mass is 35.5. The molecule has 0 aliphatic heterocycles. The smallest absolute Gasteiger partial charge is 0.251 e. The van der Waals surface area contributed by atoms with Crippen LogP contribution >= 0.6 is 11.6 Å². The van der Waals surface area contributed by atoms with Gasteiger partial charge in [-0.1, -0.05) is 23.7 Å². The number of amides is 1. The first kappa shape index (κ1) is 14.1. The van der Waals surface area contributed by atoms with E-state index in [2.05, 4.69) is 20.6 Å². The molecule has 2 rings (SSSR count). The average Bonchev–Trinajstić information content (AvgIpc) is 2.48. The maximum Gasteiger partial charge on any atom is 0.251 e. The van der Waals surface area contributed by atoms with E-state index in [-0.39, 0.29) is 16.7 Å². The number of rotatable bonds is 4. The minimum atomic E-state index is -0.129. The quantitative estimate of drug-likeness (QED) is 0.797. The Morgan fingerprint density at radius 3 is 2.95 bits per heavy atom. The van der Waals surface area contributed by atoms with E-state index in [1.807, 2.05) is 12.1 Å². The number of carbonyl (C=O) groups excluding carboxylic acids is 1. The Balaban J connectivity index is 2.11. The fourth-order valence-electron chi connectivity index (χ4n) is 1.66. The molecule has 6 nitrogen and oxygen atoms in total. The first-order valence-electron chi connectivity index (χ1n) is 5.92. The molecule has 0 radical (unpaired) electrons. The zero-order valence-corrected chi connectivity index (χ0v) is 11.6. The van der Waals surface area contributed by atoms with E-state index in [0.717, 1.165) is 5.56 Å². The van der Waals surface area contributed by atoms with E-state index in [4.69, 9.17) is 17.3 Å². The molecule has 1 aromatic heterocycles. The molecule has 0 aliphatic carbocycles. The number of aromatic nitrogens is 2. The molecule has 0 atom stereocenters. The number of nitrogens with two attached hydrogens (primary N) is 1. The standard InChI is InChI=1S/C13H14ClN5O/c1-16-13(20)9-4-2-3-8(5-9)6-17-12-10(14)11(15)18-7-19-12/h2-5,7H,6H2,1H3,(H,16,20)(H3,15,17,18,19). The largest absolute Gasteiger partial charge is 0.382 e. The molecule has 1 aromatic carbocycles. The Hall–Kier alpha value is -2.34. The predicted molar refractivity (Wildman–Crippen MR) is 78.6 cm³/mol. The molecule has 7 heteroatoms. The molecule has 2 aromatic rings. The van der Waals surface area contributed by atoms with Crippen LogP contribution in [0.25, 0.3) is 0 Å². The van der Waals surface area contributed by atoms with Crippen molar-refractivity contribution in [2.75, 3.05) is 18.1 Å². The average molecular weight is 292 g/mol. The van der Waals surface area contributed by atoms with Gasteiger partial charge in [0.25, 0.3) is 5.91 Å². The number of hydrogen-bond acceptors (Lipinski definition) is 5. The Bertz CT molecular complexity index is 632. The summed E-state index contributed by atoms with van der Waals surface area (Å²) in [5.74, 6) is 0.559. The summed E-state index contributed by atoms with van der Waals surface area (Å²) in [6, 6.07) is 7.26. The minimum Gasteiger partial charge on any atom is -0.382 e. The number of nitrogens with one attached hydrogen (secondary N) is 2. The summed E-state index contributed by atoms with van der Waals surface area (Å²) in [6.45, 7) is 0.473. The van der Waals surface area contributed by atoms with Crippen molar-refractivity contribution in [1.29, 1.82) is 0 Å². The molecule has 0 aliphatic rings. The van der Waals surface area contributed by atoms with E-state index in [1.54, 1.807) is 19.2 Å². The lowest BCUT2D eigenvalue weighted by atomic mass is 10.1. The summed E-state index contributed by atoms with van der Waals surface area (Å²) in [6.07, 6.45) is 1.34. The first-order chi connectivity index (χ1) is 9.61. The van der Waals surface area contributed by atoms with Gasteiger partial charge in [0.1, 0.15) is 17.2 Å². The lowest BCUT2D eigenvalue weighted by Gasteiger charge is -2.09. The van der Waals surface area contributed by atoms with Crippen molar-refractivity contribution in [3.8, 4) is 0 Å². The van der Waals surface area contributed by atoms with Crippen LogP contribution in [0.2, 0.25) is 5.02 Å². The van der Waals surface area contributed by atoms with Gasteiger partial charge in [-0.2, -0.15) is 0 Å². The minimum absolute atomic E-state index is 0.129. The first-order valence-corrected chi connectivity index (χ1v) is 6.30. The van der Waals surface area contributed by atoms with E-state index in [9.17, 15) is 4.79 Å². The lowest BCUT2D eigenvalue weighted by Crippen LogP contribution is -2.18. The van der Waals surface area contributed by atoms with Crippen molar-refractivity contribution in [3.05, 3.63) is 46.7 Å². The predicted octanol–water partition coefficient (Wildman–Crippen LogP) is 1.68. The molecule has 104 valence electrons. The zero-order valence-electron chi connectivity index (χ0n) is 10.9. The molecule has 0 saturated carbocycles. The van der Waals surface area contributed by atoms with Gasteiger partial charge < -0.3 is 16.4 Å². The van der Waals surface area contributed by atoms with Gasteiger partial charge in [-0.3, -0.25) is 4.79 Å². The van der Waals surface area contributed by atoms with Crippen LogP contribution in [0.5, 0.6) is 0 Å². The van der Waals surface area contributed by atoms with Crippen molar-refractivity contribution in [2.45, 2.75) is 6.54 Å². The van der Waals surface area contributed by atoms with Gasteiger partial charge in [0.2, 0.25) is 0 Å². The van der Waals surface area contributed by atoms with Crippen molar-refractivity contribution < 1.29 is 4.79 Å². The van der Waals surface area contributed by atoms with Crippen LogP contribution in [0.3, 0.4) is 0 Å². The van der Waals surface area contributed by atoms with Gasteiger partial charge in [0, 0.05) is 19.2 Å². The topological polar surface area (TPSA) is 92.9 Å². The number of nitrogens with zero attached hydrogens (tertiary/aromatic N) is 2. The van der Waals surface area contributed by atoms with Crippen LogP contribution in [-0.2, 0) is 6.54 Å². The van der Waals surface area contributed by atoms with Crippen LogP contribution in [0.15, 0.2) is 30.6 Å². The third-order valence-electron chi connectivity index (χ3n) is 2.69. The van der Waals surface area contributed by atoms with Crippen molar-refractivity contribution in [3.63, 3.8) is 0 Å². The van der Waals surface area contributed by atoms with Crippen molar-refractivity contribution in [2.24, 2.45) is 0 Å². The summed E-state index contributed by atoms with van der Waals surface area (Å²) in [5.41, 5.74) is 7.12. The zero-order chi connectivity index (χ0) is 14.5. The number of carbonyl (C=O) groups is 1.